The fraction of sp³-hybridized carbons (Fsp3) is 0.565. The molecule has 1 heterocycles. The van der Waals surface area contributed by atoms with Gasteiger partial charge >= 0.3 is 0 Å². The van der Waals surface area contributed by atoms with Crippen LogP contribution in [0.15, 0.2) is 42.5 Å². The van der Waals surface area contributed by atoms with Gasteiger partial charge in [0.25, 0.3) is 0 Å². The van der Waals surface area contributed by atoms with Crippen LogP contribution >= 0.6 is 0 Å². The van der Waals surface area contributed by atoms with E-state index in [1.54, 1.807) is 0 Å². The summed E-state index contributed by atoms with van der Waals surface area (Å²) in [5.41, 5.74) is 2.38. The van der Waals surface area contributed by atoms with Gasteiger partial charge in [0, 0.05) is 23.7 Å². The molecule has 1 atom stereocenters. The third-order valence-corrected chi connectivity index (χ3v) is 4.62. The molecule has 3 nitrogen and oxygen atoms in total. The van der Waals surface area contributed by atoms with Crippen molar-refractivity contribution in [2.75, 3.05) is 5.32 Å². The van der Waals surface area contributed by atoms with E-state index in [1.165, 1.54) is 49.8 Å². The molecule has 0 spiro atoms. The Kier molecular flexibility index (Phi) is 10.6. The molecule has 0 fully saturated rings. The maximum Gasteiger partial charge on any atom is 0.130 e. The van der Waals surface area contributed by atoms with Crippen LogP contribution in [0.1, 0.15) is 83.7 Å². The zero-order valence-electron chi connectivity index (χ0n) is 17.4. The minimum Gasteiger partial charge on any atom is -0.363 e. The van der Waals surface area contributed by atoms with Crippen molar-refractivity contribution in [3.63, 3.8) is 0 Å². The number of unbranched alkanes of at least 4 members (excludes halogenated alkanes) is 2. The molecule has 0 radical (unpaired) electrons. The van der Waals surface area contributed by atoms with Gasteiger partial charge in [-0.2, -0.15) is 0 Å². The molecule has 3 heteroatoms. The molecule has 0 bridgehead atoms. The van der Waals surface area contributed by atoms with Crippen LogP contribution in [0.2, 0.25) is 0 Å². The van der Waals surface area contributed by atoms with Gasteiger partial charge in [0.1, 0.15) is 11.6 Å². The van der Waals surface area contributed by atoms with Crippen molar-refractivity contribution in [3.05, 3.63) is 54.0 Å². The highest BCUT2D eigenvalue weighted by Crippen LogP contribution is 2.28. The van der Waals surface area contributed by atoms with E-state index < -0.39 is 0 Å². The topological polar surface area (TPSA) is 37.8 Å². The van der Waals surface area contributed by atoms with E-state index in [-0.39, 0.29) is 6.04 Å². The molecule has 1 rings (SSSR count). The second kappa shape index (κ2) is 12.5. The summed E-state index contributed by atoms with van der Waals surface area (Å²) in [6.45, 7) is 14.5. The first-order valence-corrected chi connectivity index (χ1v) is 10.1. The van der Waals surface area contributed by atoms with Gasteiger partial charge < -0.3 is 5.32 Å². The standard InChI is InChI=1S/C23H37N3/c1-7-11-15-21(16-12-8-2)22-17-23(26-19(6)25-22)24-18(5)20(13-9-3)14-10-4/h9-10,13-14,17-18,21H,3,7-8,11-12,15-16H2,1-2,4-6H3,(H,24,25,26)/b14-10-,20-13+. The van der Waals surface area contributed by atoms with Gasteiger partial charge in [-0.15, -0.1) is 0 Å². The van der Waals surface area contributed by atoms with Crippen LogP contribution in [-0.2, 0) is 0 Å². The first-order chi connectivity index (χ1) is 12.5. The van der Waals surface area contributed by atoms with Crippen molar-refractivity contribution in [2.45, 2.75) is 85.1 Å². The quantitative estimate of drug-likeness (QED) is 0.422. The number of hydrogen-bond donors (Lipinski definition) is 1. The van der Waals surface area contributed by atoms with Crippen molar-refractivity contribution >= 4 is 5.82 Å². The molecule has 144 valence electrons. The van der Waals surface area contributed by atoms with Gasteiger partial charge in [-0.3, -0.25) is 0 Å². The average molecular weight is 356 g/mol. The van der Waals surface area contributed by atoms with E-state index in [9.17, 15) is 0 Å². The molecule has 0 amide bonds. The Balaban J connectivity index is 3.03. The lowest BCUT2D eigenvalue weighted by Crippen LogP contribution is -2.19. The number of allylic oxidation sites excluding steroid dienone is 3. The van der Waals surface area contributed by atoms with Crippen LogP contribution in [0.5, 0.6) is 0 Å². The smallest absolute Gasteiger partial charge is 0.130 e. The van der Waals surface area contributed by atoms with Crippen LogP contribution in [0.4, 0.5) is 5.82 Å². The normalized spacial score (nSPS) is 13.4. The molecule has 1 aromatic heterocycles. The molecule has 0 aliphatic carbocycles. The van der Waals surface area contributed by atoms with Crippen molar-refractivity contribution in [1.82, 2.24) is 9.97 Å². The van der Waals surface area contributed by atoms with E-state index in [2.05, 4.69) is 55.9 Å². The van der Waals surface area contributed by atoms with Crippen LogP contribution < -0.4 is 5.32 Å². The van der Waals surface area contributed by atoms with E-state index >= 15 is 0 Å². The lowest BCUT2D eigenvalue weighted by molar-refractivity contribution is 0.513. The highest BCUT2D eigenvalue weighted by Gasteiger charge is 2.15. The Morgan fingerprint density at radius 2 is 1.85 bits per heavy atom. The molecular weight excluding hydrogens is 318 g/mol. The summed E-state index contributed by atoms with van der Waals surface area (Å²) in [6, 6.07) is 2.32. The Bertz CT molecular complexity index is 593. The van der Waals surface area contributed by atoms with E-state index in [4.69, 9.17) is 4.98 Å². The number of hydrogen-bond acceptors (Lipinski definition) is 3. The number of anilines is 1. The van der Waals surface area contributed by atoms with Crippen molar-refractivity contribution < 1.29 is 0 Å². The fourth-order valence-electron chi connectivity index (χ4n) is 3.19. The van der Waals surface area contributed by atoms with E-state index in [0.717, 1.165) is 11.6 Å². The predicted octanol–water partition coefficient (Wildman–Crippen LogP) is 6.74. The van der Waals surface area contributed by atoms with Gasteiger partial charge in [0.15, 0.2) is 0 Å². The fourth-order valence-corrected chi connectivity index (χ4v) is 3.19. The molecule has 1 unspecified atom stereocenters. The summed E-state index contributed by atoms with van der Waals surface area (Å²) in [6.07, 6.45) is 15.4. The summed E-state index contributed by atoms with van der Waals surface area (Å²) in [5.74, 6) is 2.29. The summed E-state index contributed by atoms with van der Waals surface area (Å²) < 4.78 is 0. The van der Waals surface area contributed by atoms with Crippen LogP contribution in [0, 0.1) is 6.92 Å². The third kappa shape index (κ3) is 7.55. The molecule has 1 N–H and O–H groups in total. The second-order valence-corrected chi connectivity index (χ2v) is 6.98. The molecule has 0 aliphatic rings. The zero-order valence-corrected chi connectivity index (χ0v) is 17.4. The number of rotatable bonds is 12. The molecule has 26 heavy (non-hydrogen) atoms. The summed E-state index contributed by atoms with van der Waals surface area (Å²) in [4.78, 5) is 9.39. The maximum absolute atomic E-state index is 4.77. The number of nitrogens with one attached hydrogen (secondary N) is 1. The number of aryl methyl sites for hydroxylation is 1. The van der Waals surface area contributed by atoms with E-state index in [0.29, 0.717) is 5.92 Å². The number of aromatic nitrogens is 2. The Morgan fingerprint density at radius 3 is 2.38 bits per heavy atom. The van der Waals surface area contributed by atoms with Crippen molar-refractivity contribution in [1.29, 1.82) is 0 Å². The highest BCUT2D eigenvalue weighted by atomic mass is 15.0. The molecule has 0 saturated heterocycles. The van der Waals surface area contributed by atoms with Gasteiger partial charge in [-0.1, -0.05) is 70.4 Å². The maximum atomic E-state index is 4.77. The van der Waals surface area contributed by atoms with Gasteiger partial charge in [0.05, 0.1) is 0 Å². The third-order valence-electron chi connectivity index (χ3n) is 4.62. The van der Waals surface area contributed by atoms with Crippen LogP contribution in [0.3, 0.4) is 0 Å². The van der Waals surface area contributed by atoms with Crippen molar-refractivity contribution in [2.24, 2.45) is 0 Å². The first-order valence-electron chi connectivity index (χ1n) is 10.1. The summed E-state index contributed by atoms with van der Waals surface area (Å²) in [7, 11) is 0. The Hall–Kier alpha value is -1.90. The minimum absolute atomic E-state index is 0.163. The molecule has 0 saturated carbocycles. The summed E-state index contributed by atoms with van der Waals surface area (Å²) >= 11 is 0. The zero-order chi connectivity index (χ0) is 19.4. The number of nitrogens with zero attached hydrogens (tertiary/aromatic N) is 2. The predicted molar refractivity (Wildman–Crippen MR) is 115 cm³/mol. The largest absolute Gasteiger partial charge is 0.363 e. The van der Waals surface area contributed by atoms with Crippen molar-refractivity contribution in [3.8, 4) is 0 Å². The summed E-state index contributed by atoms with van der Waals surface area (Å²) in [5, 5.41) is 3.54. The monoisotopic (exact) mass is 355 g/mol. The molecular formula is C23H37N3. The molecule has 0 aromatic carbocycles. The SMILES string of the molecule is C=C/C=C(\C=C/C)C(C)Nc1cc(C(CCCC)CCCC)nc(C)n1. The lowest BCUT2D eigenvalue weighted by Gasteiger charge is -2.20. The van der Waals surface area contributed by atoms with Gasteiger partial charge in [-0.05, 0) is 39.2 Å². The molecule has 1 aromatic rings. The average Bonchev–Trinajstić information content (AvgIpc) is 2.61. The minimum atomic E-state index is 0.163. The highest BCUT2D eigenvalue weighted by molar-refractivity contribution is 5.43. The Labute approximate surface area is 160 Å². The second-order valence-electron chi connectivity index (χ2n) is 6.98. The van der Waals surface area contributed by atoms with Crippen LogP contribution in [0.25, 0.3) is 0 Å². The van der Waals surface area contributed by atoms with Gasteiger partial charge in [-0.25, -0.2) is 9.97 Å². The molecule has 0 aliphatic heterocycles. The van der Waals surface area contributed by atoms with Crippen LogP contribution in [-0.4, -0.2) is 16.0 Å². The van der Waals surface area contributed by atoms with E-state index in [1.807, 2.05) is 26.0 Å². The van der Waals surface area contributed by atoms with Gasteiger partial charge in [0.2, 0.25) is 0 Å². The Morgan fingerprint density at radius 1 is 1.19 bits per heavy atom. The first kappa shape index (κ1) is 22.1. The lowest BCUT2D eigenvalue weighted by atomic mass is 9.92.